The minimum Gasteiger partial charge on any atom is -0.370 e. The Balaban J connectivity index is 0.00000180. The largest absolute Gasteiger partial charge is 0.370 e. The summed E-state index contributed by atoms with van der Waals surface area (Å²) in [5, 5.41) is 0. The molecular weight excluding hydrogens is 349 g/mol. The molecule has 106 valence electrons. The fourth-order valence-corrected chi connectivity index (χ4v) is 2.34. The molecule has 0 spiro atoms. The van der Waals surface area contributed by atoms with Gasteiger partial charge in [-0.2, -0.15) is 0 Å². The molecule has 19 heavy (non-hydrogen) atoms. The standard InChI is InChI=1S/C15H23N3.HI/c1-13(14-8-4-2-5-9-14)12-17-15(16)18-10-6-3-7-11-18;/h2,4-5,8-9,13H,3,6-7,10-12H2,1H3,(H2,16,17);1H. The number of rotatable bonds is 3. The van der Waals surface area contributed by atoms with Crippen LogP contribution in [0.3, 0.4) is 0 Å². The van der Waals surface area contributed by atoms with Crippen LogP contribution in [0.1, 0.15) is 37.7 Å². The third-order valence-corrected chi connectivity index (χ3v) is 3.58. The smallest absolute Gasteiger partial charge is 0.191 e. The summed E-state index contributed by atoms with van der Waals surface area (Å²) in [7, 11) is 0. The van der Waals surface area contributed by atoms with Crippen molar-refractivity contribution in [2.24, 2.45) is 10.7 Å². The second kappa shape index (κ2) is 8.40. The predicted molar refractivity (Wildman–Crippen MR) is 92.2 cm³/mol. The number of benzene rings is 1. The molecule has 0 amide bonds. The van der Waals surface area contributed by atoms with E-state index in [1.54, 1.807) is 0 Å². The van der Waals surface area contributed by atoms with E-state index in [-0.39, 0.29) is 24.0 Å². The van der Waals surface area contributed by atoms with E-state index < -0.39 is 0 Å². The lowest BCUT2D eigenvalue weighted by Crippen LogP contribution is -2.41. The highest BCUT2D eigenvalue weighted by atomic mass is 127. The summed E-state index contributed by atoms with van der Waals surface area (Å²) in [6.07, 6.45) is 3.80. The van der Waals surface area contributed by atoms with Gasteiger partial charge in [0.1, 0.15) is 0 Å². The second-order valence-electron chi connectivity index (χ2n) is 5.06. The van der Waals surface area contributed by atoms with Gasteiger partial charge in [-0.3, -0.25) is 4.99 Å². The van der Waals surface area contributed by atoms with Crippen molar-refractivity contribution in [3.8, 4) is 0 Å². The van der Waals surface area contributed by atoms with Crippen molar-refractivity contribution in [2.75, 3.05) is 19.6 Å². The summed E-state index contributed by atoms with van der Waals surface area (Å²) in [6, 6.07) is 10.5. The van der Waals surface area contributed by atoms with Gasteiger partial charge in [0.15, 0.2) is 5.96 Å². The molecule has 1 aromatic rings. The zero-order valence-electron chi connectivity index (χ0n) is 11.6. The van der Waals surface area contributed by atoms with Gasteiger partial charge in [0.05, 0.1) is 0 Å². The molecule has 1 saturated heterocycles. The molecule has 1 aromatic carbocycles. The molecule has 4 heteroatoms. The van der Waals surface area contributed by atoms with Crippen LogP contribution in [0.5, 0.6) is 0 Å². The van der Waals surface area contributed by atoms with E-state index in [9.17, 15) is 0 Å². The zero-order chi connectivity index (χ0) is 12.8. The maximum absolute atomic E-state index is 6.05. The fourth-order valence-electron chi connectivity index (χ4n) is 2.34. The number of nitrogens with zero attached hydrogens (tertiary/aromatic N) is 2. The molecule has 1 fully saturated rings. The lowest BCUT2D eigenvalue weighted by Gasteiger charge is -2.27. The number of likely N-dealkylation sites (tertiary alicyclic amines) is 1. The molecule has 1 unspecified atom stereocenters. The molecule has 0 bridgehead atoms. The SMILES string of the molecule is CC(CN=C(N)N1CCCCC1)c1ccccc1.I. The first kappa shape index (κ1) is 16.3. The van der Waals surface area contributed by atoms with Crippen LogP contribution in [-0.4, -0.2) is 30.5 Å². The first-order valence-electron chi connectivity index (χ1n) is 6.87. The molecule has 3 nitrogen and oxygen atoms in total. The van der Waals surface area contributed by atoms with Gasteiger partial charge in [0.25, 0.3) is 0 Å². The maximum atomic E-state index is 6.05. The summed E-state index contributed by atoms with van der Waals surface area (Å²) in [4.78, 5) is 6.75. The quantitative estimate of drug-likeness (QED) is 0.502. The Hall–Kier alpha value is -0.780. The van der Waals surface area contributed by atoms with Crippen LogP contribution in [-0.2, 0) is 0 Å². The third kappa shape index (κ3) is 5.01. The molecule has 1 heterocycles. The minimum atomic E-state index is 0. The predicted octanol–water partition coefficient (Wildman–Crippen LogP) is 3.21. The van der Waals surface area contributed by atoms with Crippen LogP contribution >= 0.6 is 24.0 Å². The number of halogens is 1. The Labute approximate surface area is 133 Å². The van der Waals surface area contributed by atoms with Crippen LogP contribution in [0.4, 0.5) is 0 Å². The van der Waals surface area contributed by atoms with E-state index in [0.717, 1.165) is 25.6 Å². The number of hydrogen-bond acceptors (Lipinski definition) is 1. The Morgan fingerprint density at radius 1 is 1.21 bits per heavy atom. The van der Waals surface area contributed by atoms with Crippen molar-refractivity contribution in [3.05, 3.63) is 35.9 Å². The van der Waals surface area contributed by atoms with Crippen LogP contribution in [0, 0.1) is 0 Å². The van der Waals surface area contributed by atoms with Crippen molar-refractivity contribution in [1.29, 1.82) is 0 Å². The van der Waals surface area contributed by atoms with Gasteiger partial charge in [0.2, 0.25) is 0 Å². The van der Waals surface area contributed by atoms with Crippen LogP contribution in [0.2, 0.25) is 0 Å². The number of guanidine groups is 1. The average Bonchev–Trinajstić information content (AvgIpc) is 2.46. The highest BCUT2D eigenvalue weighted by Crippen LogP contribution is 2.15. The van der Waals surface area contributed by atoms with Crippen LogP contribution in [0.15, 0.2) is 35.3 Å². The number of hydrogen-bond donors (Lipinski definition) is 1. The molecule has 1 aliphatic heterocycles. The van der Waals surface area contributed by atoms with Crippen LogP contribution < -0.4 is 5.73 Å². The van der Waals surface area contributed by atoms with Crippen molar-refractivity contribution >= 4 is 29.9 Å². The summed E-state index contributed by atoms with van der Waals surface area (Å²) in [5.74, 6) is 1.15. The molecule has 0 saturated carbocycles. The molecule has 1 atom stereocenters. The number of piperidine rings is 1. The van der Waals surface area contributed by atoms with Gasteiger partial charge >= 0.3 is 0 Å². The number of aliphatic imine (C=N–C) groups is 1. The molecule has 2 rings (SSSR count). The molecular formula is C15H24IN3. The fraction of sp³-hybridized carbons (Fsp3) is 0.533. The first-order chi connectivity index (χ1) is 8.77. The number of nitrogens with two attached hydrogens (primary N) is 1. The third-order valence-electron chi connectivity index (χ3n) is 3.58. The highest BCUT2D eigenvalue weighted by Gasteiger charge is 2.12. The molecule has 0 aliphatic carbocycles. The monoisotopic (exact) mass is 373 g/mol. The van der Waals surface area contributed by atoms with Gasteiger partial charge in [-0.15, -0.1) is 24.0 Å². The lowest BCUT2D eigenvalue weighted by molar-refractivity contribution is 0.338. The van der Waals surface area contributed by atoms with E-state index in [1.807, 2.05) is 6.07 Å². The van der Waals surface area contributed by atoms with Gasteiger partial charge in [-0.25, -0.2) is 0 Å². The van der Waals surface area contributed by atoms with Gasteiger partial charge in [-0.05, 0) is 24.8 Å². The van der Waals surface area contributed by atoms with Crippen LogP contribution in [0.25, 0.3) is 0 Å². The Morgan fingerprint density at radius 3 is 2.47 bits per heavy atom. The van der Waals surface area contributed by atoms with Crippen molar-refractivity contribution in [1.82, 2.24) is 4.90 Å². The summed E-state index contributed by atoms with van der Waals surface area (Å²) >= 11 is 0. The van der Waals surface area contributed by atoms with Gasteiger partial charge in [-0.1, -0.05) is 37.3 Å². The van der Waals surface area contributed by atoms with Crippen molar-refractivity contribution < 1.29 is 0 Å². The summed E-state index contributed by atoms with van der Waals surface area (Å²) in [6.45, 7) is 5.10. The Morgan fingerprint density at radius 2 is 1.84 bits per heavy atom. The van der Waals surface area contributed by atoms with Crippen molar-refractivity contribution in [2.45, 2.75) is 32.1 Å². The first-order valence-corrected chi connectivity index (χ1v) is 6.87. The Kier molecular flexibility index (Phi) is 7.20. The van der Waals surface area contributed by atoms with Gasteiger partial charge < -0.3 is 10.6 Å². The van der Waals surface area contributed by atoms with E-state index in [2.05, 4.69) is 41.1 Å². The van der Waals surface area contributed by atoms with E-state index in [0.29, 0.717) is 5.92 Å². The van der Waals surface area contributed by atoms with E-state index in [4.69, 9.17) is 5.73 Å². The van der Waals surface area contributed by atoms with Crippen molar-refractivity contribution in [3.63, 3.8) is 0 Å². The maximum Gasteiger partial charge on any atom is 0.191 e. The molecule has 2 N–H and O–H groups in total. The summed E-state index contributed by atoms with van der Waals surface area (Å²) in [5.41, 5.74) is 7.38. The average molecular weight is 373 g/mol. The zero-order valence-corrected chi connectivity index (χ0v) is 13.9. The topological polar surface area (TPSA) is 41.6 Å². The van der Waals surface area contributed by atoms with Gasteiger partial charge in [0, 0.05) is 25.6 Å². The Bertz CT molecular complexity index is 386. The molecule has 0 radical (unpaired) electrons. The molecule has 0 aromatic heterocycles. The summed E-state index contributed by atoms with van der Waals surface area (Å²) < 4.78 is 0. The minimum absolute atomic E-state index is 0. The highest BCUT2D eigenvalue weighted by molar-refractivity contribution is 14.0. The van der Waals surface area contributed by atoms with E-state index in [1.165, 1.54) is 24.8 Å². The molecule has 1 aliphatic rings. The second-order valence-corrected chi connectivity index (χ2v) is 5.06. The van der Waals surface area contributed by atoms with E-state index >= 15 is 0 Å². The normalized spacial score (nSPS) is 17.7. The lowest BCUT2D eigenvalue weighted by atomic mass is 10.0.